The minimum absolute atomic E-state index is 0.000746. The van der Waals surface area contributed by atoms with Crippen molar-refractivity contribution in [1.29, 1.82) is 0 Å². The number of unbranched alkanes of at least 4 members (excludes halogenated alkanes) is 1. The van der Waals surface area contributed by atoms with Crippen molar-refractivity contribution < 1.29 is 16.5 Å². The maximum atomic E-state index is 5.23. The maximum Gasteiger partial charge on any atom is 0.412 e. The van der Waals surface area contributed by atoms with Crippen molar-refractivity contribution >= 4 is 50.3 Å². The fourth-order valence-electron chi connectivity index (χ4n) is 0.426. The molecule has 0 rings (SSSR count). The van der Waals surface area contributed by atoms with Gasteiger partial charge in [0.15, 0.2) is 0 Å². The van der Waals surface area contributed by atoms with Crippen molar-refractivity contribution in [2.24, 2.45) is 0 Å². The van der Waals surface area contributed by atoms with Crippen LogP contribution < -0.4 is 0 Å². The van der Waals surface area contributed by atoms with Gasteiger partial charge in [-0.3, -0.25) is 0 Å². The molecule has 0 aliphatic heterocycles. The third-order valence-electron chi connectivity index (χ3n) is 0.955. The summed E-state index contributed by atoms with van der Waals surface area (Å²) in [7, 11) is 3.43. The maximum absolute atomic E-state index is 5.23. The zero-order valence-corrected chi connectivity index (χ0v) is 12.3. The minimum Gasteiger partial charge on any atom is -0.435 e. The van der Waals surface area contributed by atoms with Crippen LogP contribution in [0.3, 0.4) is 0 Å². The molecule has 0 saturated heterocycles. The average molecular weight is 262 g/mol. The predicted molar refractivity (Wildman–Crippen MR) is 52.8 cm³/mol. The van der Waals surface area contributed by atoms with Crippen LogP contribution in [0.1, 0.15) is 19.8 Å². The Labute approximate surface area is 92.7 Å². The van der Waals surface area contributed by atoms with Gasteiger partial charge in [-0.1, -0.05) is 19.8 Å². The molecule has 0 unspecified atom stereocenters. The van der Waals surface area contributed by atoms with Gasteiger partial charge in [0.05, 0.1) is 0 Å². The Bertz CT molecular complexity index is 86.6. The molecule has 4 nitrogen and oxygen atoms in total. The van der Waals surface area contributed by atoms with Gasteiger partial charge in [-0.2, -0.15) is 0 Å². The van der Waals surface area contributed by atoms with Gasteiger partial charge < -0.3 is 16.5 Å². The standard InChI is InChI=1S/C4H9O4Si5/c1-2-3-4-10-6-12-8-13-7-11-5-9/h2-4H2,1H3. The Balaban J connectivity index is 2.76. The molecule has 69 valence electrons. The molecule has 0 aliphatic rings. The highest BCUT2D eigenvalue weighted by molar-refractivity contribution is 6.46. The minimum atomic E-state index is -0.0208. The third kappa shape index (κ3) is 12.9. The monoisotopic (exact) mass is 261 g/mol. The van der Waals surface area contributed by atoms with Crippen LogP contribution in [0.5, 0.6) is 0 Å². The van der Waals surface area contributed by atoms with Crippen LogP contribution in [0, 0.1) is 0 Å². The molecule has 11 radical (unpaired) electrons. The largest absolute Gasteiger partial charge is 0.435 e. The Morgan fingerprint density at radius 3 is 2.46 bits per heavy atom. The van der Waals surface area contributed by atoms with Gasteiger partial charge in [0.25, 0.3) is 0 Å². The van der Waals surface area contributed by atoms with Crippen LogP contribution in [0.4, 0.5) is 0 Å². The first-order valence-corrected chi connectivity index (χ1v) is 7.67. The predicted octanol–water partition coefficient (Wildman–Crippen LogP) is -0.424. The Morgan fingerprint density at radius 1 is 1.08 bits per heavy atom. The van der Waals surface area contributed by atoms with E-state index < -0.39 is 0 Å². The highest BCUT2D eigenvalue weighted by Gasteiger charge is 1.98. The van der Waals surface area contributed by atoms with Crippen LogP contribution in [0.25, 0.3) is 0 Å². The lowest BCUT2D eigenvalue weighted by molar-refractivity contribution is 0.407. The van der Waals surface area contributed by atoms with Gasteiger partial charge in [-0.25, -0.2) is 0 Å². The molecule has 13 heavy (non-hydrogen) atoms. The first-order valence-electron chi connectivity index (χ1n) is 3.69. The third-order valence-corrected chi connectivity index (χ3v) is 4.09. The number of hydrogen-bond acceptors (Lipinski definition) is 4. The molecule has 0 aromatic rings. The zero-order valence-electron chi connectivity index (χ0n) is 7.25. The van der Waals surface area contributed by atoms with E-state index in [9.17, 15) is 0 Å². The lowest BCUT2D eigenvalue weighted by atomic mass is 10.4. The molecule has 0 amide bonds. The Hall–Kier alpha value is 0.924. The van der Waals surface area contributed by atoms with Gasteiger partial charge >= 0.3 is 30.0 Å². The summed E-state index contributed by atoms with van der Waals surface area (Å²) in [6, 6.07) is 1.13. The molecule has 0 aliphatic carbocycles. The number of rotatable bonds is 10. The van der Waals surface area contributed by atoms with Crippen LogP contribution in [0.15, 0.2) is 0 Å². The van der Waals surface area contributed by atoms with E-state index in [-0.39, 0.29) is 30.0 Å². The van der Waals surface area contributed by atoms with Crippen LogP contribution >= 0.6 is 0 Å². The second-order valence-corrected chi connectivity index (χ2v) is 6.46. The average Bonchev–Trinajstić information content (AvgIpc) is 2.16. The van der Waals surface area contributed by atoms with Crippen molar-refractivity contribution in [2.75, 3.05) is 0 Å². The van der Waals surface area contributed by atoms with Crippen molar-refractivity contribution in [3.05, 3.63) is 0 Å². The molecule has 0 aromatic heterocycles. The molecule has 9 heteroatoms. The van der Waals surface area contributed by atoms with E-state index >= 15 is 0 Å². The SMILES string of the molecule is CCCC[Si]O[Si]O[Si]O[Si]O[Si]. The summed E-state index contributed by atoms with van der Waals surface area (Å²) >= 11 is 0. The first kappa shape index (κ1) is 13.9. The summed E-state index contributed by atoms with van der Waals surface area (Å²) in [6.45, 7) is 2.17. The zero-order chi connectivity index (χ0) is 9.78. The lowest BCUT2D eigenvalue weighted by Crippen LogP contribution is -2.15. The Morgan fingerprint density at radius 2 is 1.77 bits per heavy atom. The fourth-order valence-corrected chi connectivity index (χ4v) is 3.46. The van der Waals surface area contributed by atoms with E-state index in [4.69, 9.17) is 12.3 Å². The highest BCUT2D eigenvalue weighted by Crippen LogP contribution is 1.92. The van der Waals surface area contributed by atoms with Crippen molar-refractivity contribution in [2.45, 2.75) is 25.8 Å². The molecular formula is C4H9O4Si5. The normalized spacial score (nSPS) is 10.6. The van der Waals surface area contributed by atoms with Gasteiger partial charge in [0.1, 0.15) is 0 Å². The van der Waals surface area contributed by atoms with Gasteiger partial charge in [-0.15, -0.1) is 0 Å². The summed E-state index contributed by atoms with van der Waals surface area (Å²) in [5.74, 6) is 0. The van der Waals surface area contributed by atoms with E-state index in [1.165, 1.54) is 12.8 Å². The van der Waals surface area contributed by atoms with Gasteiger partial charge in [0.2, 0.25) is 20.2 Å². The fraction of sp³-hybridized carbons (Fsp3) is 1.00. The van der Waals surface area contributed by atoms with Crippen LogP contribution in [-0.4, -0.2) is 50.3 Å². The summed E-state index contributed by atoms with van der Waals surface area (Å²) < 4.78 is 19.7. The molecular weight excluding hydrogens is 252 g/mol. The molecule has 0 saturated carbocycles. The molecule has 0 bridgehead atoms. The van der Waals surface area contributed by atoms with Crippen LogP contribution in [-0.2, 0) is 16.5 Å². The smallest absolute Gasteiger partial charge is 0.412 e. The molecule has 0 fully saturated rings. The molecule has 0 aromatic carbocycles. The quantitative estimate of drug-likeness (QED) is 0.395. The second-order valence-electron chi connectivity index (χ2n) is 1.91. The molecule has 0 spiro atoms. The summed E-state index contributed by atoms with van der Waals surface area (Å²) in [5, 5.41) is 0. The summed E-state index contributed by atoms with van der Waals surface area (Å²) in [4.78, 5) is 0. The lowest BCUT2D eigenvalue weighted by Gasteiger charge is -2.00. The van der Waals surface area contributed by atoms with E-state index in [0.29, 0.717) is 9.76 Å². The van der Waals surface area contributed by atoms with E-state index in [1.54, 1.807) is 0 Å². The summed E-state index contributed by atoms with van der Waals surface area (Å²) in [5.41, 5.74) is 0. The van der Waals surface area contributed by atoms with Gasteiger partial charge in [-0.05, 0) is 6.04 Å². The van der Waals surface area contributed by atoms with E-state index in [2.05, 4.69) is 21.5 Å². The summed E-state index contributed by atoms with van der Waals surface area (Å²) in [6.07, 6.45) is 2.44. The second kappa shape index (κ2) is 12.9. The Kier molecular flexibility index (Phi) is 13.8. The van der Waals surface area contributed by atoms with Crippen molar-refractivity contribution in [3.63, 3.8) is 0 Å². The van der Waals surface area contributed by atoms with Crippen molar-refractivity contribution in [1.82, 2.24) is 0 Å². The molecule has 0 N–H and O–H groups in total. The van der Waals surface area contributed by atoms with Gasteiger partial charge in [0, 0.05) is 0 Å². The molecule has 0 atom stereocenters. The first-order chi connectivity index (χ1) is 6.41. The van der Waals surface area contributed by atoms with E-state index in [0.717, 1.165) is 6.04 Å². The topological polar surface area (TPSA) is 36.9 Å². The number of hydrogen-bond donors (Lipinski definition) is 0. The highest BCUT2D eigenvalue weighted by atomic mass is 28.4. The van der Waals surface area contributed by atoms with E-state index in [1.807, 2.05) is 0 Å². The molecule has 0 heterocycles. The van der Waals surface area contributed by atoms with Crippen LogP contribution in [0.2, 0.25) is 6.04 Å². The van der Waals surface area contributed by atoms with Crippen molar-refractivity contribution in [3.8, 4) is 0 Å².